The fourth-order valence-electron chi connectivity index (χ4n) is 4.35. The van der Waals surface area contributed by atoms with E-state index in [4.69, 9.17) is 10.5 Å². The Kier molecular flexibility index (Phi) is 5.37. The number of nitrogens with two attached hydrogens (primary N) is 1. The Morgan fingerprint density at radius 1 is 1.26 bits per heavy atom. The van der Waals surface area contributed by atoms with Crippen molar-refractivity contribution in [2.24, 2.45) is 17.1 Å². The molecule has 1 aliphatic carbocycles. The molecule has 0 aliphatic heterocycles. The van der Waals surface area contributed by atoms with Gasteiger partial charge in [-0.15, -0.1) is 0 Å². The van der Waals surface area contributed by atoms with Crippen LogP contribution in [0.15, 0.2) is 36.8 Å². The maximum atomic E-state index is 12.2. The summed E-state index contributed by atoms with van der Waals surface area (Å²) in [6.45, 7) is 10.8. The van der Waals surface area contributed by atoms with E-state index in [9.17, 15) is 4.79 Å². The molecular weight excluding hydrogens is 390 g/mol. The first kappa shape index (κ1) is 21.2. The van der Waals surface area contributed by atoms with E-state index in [2.05, 4.69) is 36.2 Å². The molecule has 3 aromatic rings. The summed E-state index contributed by atoms with van der Waals surface area (Å²) in [5.41, 5.74) is 9.69. The van der Waals surface area contributed by atoms with E-state index in [1.807, 2.05) is 38.2 Å². The fourth-order valence-corrected chi connectivity index (χ4v) is 4.35. The van der Waals surface area contributed by atoms with E-state index in [-0.39, 0.29) is 17.6 Å². The largest absolute Gasteiger partial charge is 0.475 e. The van der Waals surface area contributed by atoms with Crippen LogP contribution in [0.2, 0.25) is 0 Å². The molecule has 0 bridgehead atoms. The molecule has 164 valence electrons. The second-order valence-corrected chi connectivity index (χ2v) is 9.40. The van der Waals surface area contributed by atoms with Crippen LogP contribution in [-0.4, -0.2) is 32.7 Å². The average Bonchev–Trinajstić information content (AvgIpc) is 3.24. The predicted molar refractivity (Wildman–Crippen MR) is 122 cm³/mol. The molecule has 7 heteroatoms. The Morgan fingerprint density at radius 2 is 2.03 bits per heavy atom. The molecule has 2 atom stereocenters. The quantitative estimate of drug-likeness (QED) is 0.610. The van der Waals surface area contributed by atoms with E-state index in [0.29, 0.717) is 17.4 Å². The normalized spacial score (nSPS) is 20.3. The minimum Gasteiger partial charge on any atom is -0.475 e. The summed E-state index contributed by atoms with van der Waals surface area (Å²) in [4.78, 5) is 16.6. The smallest absolute Gasteiger partial charge is 0.252 e. The molecule has 1 unspecified atom stereocenters. The molecule has 31 heavy (non-hydrogen) atoms. The third-order valence-electron chi connectivity index (χ3n) is 6.70. The number of rotatable bonds is 6. The van der Waals surface area contributed by atoms with Gasteiger partial charge in [-0.1, -0.05) is 20.8 Å². The zero-order chi connectivity index (χ0) is 22.3. The third-order valence-corrected chi connectivity index (χ3v) is 6.70. The molecule has 3 heterocycles. The van der Waals surface area contributed by atoms with Crippen molar-refractivity contribution in [2.45, 2.75) is 59.6 Å². The molecule has 0 radical (unpaired) electrons. The molecule has 4 rings (SSSR count). The van der Waals surface area contributed by atoms with Crippen molar-refractivity contribution in [1.82, 2.24) is 14.6 Å². The van der Waals surface area contributed by atoms with Crippen molar-refractivity contribution < 1.29 is 9.53 Å². The molecule has 1 aliphatic rings. The van der Waals surface area contributed by atoms with Gasteiger partial charge in [0.25, 0.3) is 5.91 Å². The van der Waals surface area contributed by atoms with Gasteiger partial charge < -0.3 is 15.8 Å². The highest BCUT2D eigenvalue weighted by Gasteiger charge is 2.41. The van der Waals surface area contributed by atoms with E-state index in [0.717, 1.165) is 35.2 Å². The minimum atomic E-state index is -0.485. The number of hydrogen-bond donors (Lipinski definition) is 2. The number of fused-ring (bicyclic) bond motifs is 1. The number of nitrogens with one attached hydrogen (secondary N) is 1. The van der Waals surface area contributed by atoms with Crippen LogP contribution >= 0.6 is 0 Å². The first-order valence-corrected chi connectivity index (χ1v) is 10.9. The fraction of sp³-hybridized carbons (Fsp3) is 0.458. The van der Waals surface area contributed by atoms with Gasteiger partial charge in [0.05, 0.1) is 29.1 Å². The van der Waals surface area contributed by atoms with Gasteiger partial charge in [0.2, 0.25) is 5.88 Å². The summed E-state index contributed by atoms with van der Waals surface area (Å²) in [6, 6.07) is 6.11. The van der Waals surface area contributed by atoms with Crippen LogP contribution in [0.25, 0.3) is 16.6 Å². The van der Waals surface area contributed by atoms with Crippen LogP contribution < -0.4 is 15.8 Å². The van der Waals surface area contributed by atoms with E-state index >= 15 is 0 Å². The summed E-state index contributed by atoms with van der Waals surface area (Å²) < 4.78 is 7.42. The third kappa shape index (κ3) is 3.96. The highest BCUT2D eigenvalue weighted by Crippen LogP contribution is 2.44. The second-order valence-electron chi connectivity index (χ2n) is 9.40. The van der Waals surface area contributed by atoms with Crippen molar-refractivity contribution in [1.29, 1.82) is 0 Å². The van der Waals surface area contributed by atoms with Gasteiger partial charge in [-0.05, 0) is 50.2 Å². The van der Waals surface area contributed by atoms with Crippen molar-refractivity contribution in [3.63, 3.8) is 0 Å². The number of carbonyl (C=O) groups is 1. The number of primary amides is 1. The van der Waals surface area contributed by atoms with Crippen molar-refractivity contribution >= 4 is 17.1 Å². The van der Waals surface area contributed by atoms with Gasteiger partial charge in [-0.25, -0.2) is 9.50 Å². The van der Waals surface area contributed by atoms with Crippen molar-refractivity contribution in [3.05, 3.63) is 42.4 Å². The summed E-state index contributed by atoms with van der Waals surface area (Å²) in [7, 11) is 0. The Balaban J connectivity index is 1.74. The topological polar surface area (TPSA) is 94.5 Å². The number of amides is 1. The van der Waals surface area contributed by atoms with Gasteiger partial charge in [0, 0.05) is 35.6 Å². The van der Waals surface area contributed by atoms with Gasteiger partial charge >= 0.3 is 0 Å². The monoisotopic (exact) mass is 421 g/mol. The van der Waals surface area contributed by atoms with Crippen molar-refractivity contribution in [3.8, 4) is 17.0 Å². The van der Waals surface area contributed by atoms with Crippen LogP contribution in [0.4, 0.5) is 5.69 Å². The lowest BCUT2D eigenvalue weighted by molar-refractivity contribution is 0.100. The van der Waals surface area contributed by atoms with Crippen LogP contribution in [0.5, 0.6) is 5.88 Å². The molecule has 1 fully saturated rings. The first-order chi connectivity index (χ1) is 14.7. The lowest BCUT2D eigenvalue weighted by Gasteiger charge is -2.33. The molecule has 0 spiro atoms. The standard InChI is InChI=1S/C24H31N5O2/c1-14(2)31-21-9-7-16(11-26-21)17-10-19-22(18(23(25)30)12-27-29(19)13-17)28-20-8-6-15(3)24(20,4)5/h7,9-15,20,28H,6,8H2,1-5H3,(H2,25,30)/t15?,20-/m1/s1. The van der Waals surface area contributed by atoms with Gasteiger partial charge in [0.15, 0.2) is 0 Å². The zero-order valence-electron chi connectivity index (χ0n) is 18.8. The number of anilines is 1. The lowest BCUT2D eigenvalue weighted by Crippen LogP contribution is -2.35. The maximum Gasteiger partial charge on any atom is 0.252 e. The highest BCUT2D eigenvalue weighted by molar-refractivity contribution is 6.02. The number of ether oxygens (including phenoxy) is 1. The molecule has 7 nitrogen and oxygen atoms in total. The number of hydrogen-bond acceptors (Lipinski definition) is 5. The number of carbonyl (C=O) groups excluding carboxylic acids is 1. The molecule has 3 N–H and O–H groups in total. The summed E-state index contributed by atoms with van der Waals surface area (Å²) in [5, 5.41) is 8.08. The molecule has 0 aromatic carbocycles. The molecule has 1 amide bonds. The van der Waals surface area contributed by atoms with Crippen LogP contribution in [-0.2, 0) is 0 Å². The van der Waals surface area contributed by atoms with Gasteiger partial charge in [-0.3, -0.25) is 4.79 Å². The maximum absolute atomic E-state index is 12.2. The molecule has 3 aromatic heterocycles. The molecule has 0 saturated heterocycles. The van der Waals surface area contributed by atoms with Crippen molar-refractivity contribution in [2.75, 3.05) is 5.32 Å². The summed E-state index contributed by atoms with van der Waals surface area (Å²) in [6.07, 6.45) is 7.55. The number of aromatic nitrogens is 3. The van der Waals surface area contributed by atoms with Gasteiger partial charge in [0.1, 0.15) is 0 Å². The minimum absolute atomic E-state index is 0.0722. The van der Waals surface area contributed by atoms with Crippen LogP contribution in [0, 0.1) is 11.3 Å². The SMILES string of the molecule is CC(C)Oc1ccc(-c2cc3c(N[C@@H]4CCC(C)C4(C)C)c(C(N)=O)cnn3c2)cn1. The zero-order valence-corrected chi connectivity index (χ0v) is 18.8. The second kappa shape index (κ2) is 7.87. The number of pyridine rings is 1. The van der Waals surface area contributed by atoms with Gasteiger partial charge in [-0.2, -0.15) is 5.10 Å². The highest BCUT2D eigenvalue weighted by atomic mass is 16.5. The Labute approximate surface area is 183 Å². The van der Waals surface area contributed by atoms with Crippen LogP contribution in [0.3, 0.4) is 0 Å². The van der Waals surface area contributed by atoms with E-state index in [1.165, 1.54) is 0 Å². The first-order valence-electron chi connectivity index (χ1n) is 10.9. The Morgan fingerprint density at radius 3 is 2.61 bits per heavy atom. The average molecular weight is 422 g/mol. The van der Waals surface area contributed by atoms with E-state index in [1.54, 1.807) is 16.9 Å². The Hall–Kier alpha value is -3.09. The number of nitrogens with zero attached hydrogens (tertiary/aromatic N) is 3. The molecular formula is C24H31N5O2. The molecule has 1 saturated carbocycles. The van der Waals surface area contributed by atoms with E-state index < -0.39 is 5.91 Å². The van der Waals surface area contributed by atoms with Crippen LogP contribution in [0.1, 0.15) is 57.8 Å². The lowest BCUT2D eigenvalue weighted by atomic mass is 9.80. The summed E-state index contributed by atoms with van der Waals surface area (Å²) in [5.74, 6) is 0.706. The summed E-state index contributed by atoms with van der Waals surface area (Å²) >= 11 is 0. The predicted octanol–water partition coefficient (Wildman–Crippen LogP) is 4.52. The Bertz CT molecular complexity index is 1100.